The molecule has 0 aliphatic carbocycles. The number of fused-ring (bicyclic) bond motifs is 1. The van der Waals surface area contributed by atoms with Crippen LogP contribution in [0.1, 0.15) is 24.5 Å². The molecule has 4 heterocycles. The predicted octanol–water partition coefficient (Wildman–Crippen LogP) is 3.16. The van der Waals surface area contributed by atoms with E-state index in [1.54, 1.807) is 18.5 Å². The lowest BCUT2D eigenvalue weighted by molar-refractivity contribution is 0.182. The van der Waals surface area contributed by atoms with Crippen LogP contribution in [-0.2, 0) is 0 Å². The number of carbonyl (C=O) groups excluding carboxylic acids is 1. The van der Waals surface area contributed by atoms with Gasteiger partial charge in [0.1, 0.15) is 6.33 Å². The molecule has 0 aromatic carbocycles. The SMILES string of the molecule is C=CCNC(=O)N1CCC(c2ccc3cc(-c4cncnc4)cnc3n2)CC1. The first-order chi connectivity index (χ1) is 13.7. The van der Waals surface area contributed by atoms with E-state index in [4.69, 9.17) is 4.98 Å². The number of likely N-dealkylation sites (tertiary alicyclic amines) is 1. The van der Waals surface area contributed by atoms with Gasteiger partial charge in [0.15, 0.2) is 5.65 Å². The van der Waals surface area contributed by atoms with E-state index in [-0.39, 0.29) is 6.03 Å². The fourth-order valence-electron chi connectivity index (χ4n) is 3.51. The number of hydrogen-bond donors (Lipinski definition) is 1. The van der Waals surface area contributed by atoms with Gasteiger partial charge in [-0.1, -0.05) is 6.08 Å². The van der Waals surface area contributed by atoms with Gasteiger partial charge < -0.3 is 10.2 Å². The molecule has 7 heteroatoms. The fourth-order valence-corrected chi connectivity index (χ4v) is 3.51. The number of urea groups is 1. The van der Waals surface area contributed by atoms with Crippen LogP contribution < -0.4 is 5.32 Å². The van der Waals surface area contributed by atoms with Gasteiger partial charge in [-0.3, -0.25) is 0 Å². The van der Waals surface area contributed by atoms with Gasteiger partial charge in [0.25, 0.3) is 0 Å². The van der Waals surface area contributed by atoms with Crippen LogP contribution in [0.2, 0.25) is 0 Å². The number of amides is 2. The van der Waals surface area contributed by atoms with Gasteiger partial charge in [-0.2, -0.15) is 0 Å². The van der Waals surface area contributed by atoms with E-state index < -0.39 is 0 Å². The van der Waals surface area contributed by atoms with Gasteiger partial charge >= 0.3 is 6.03 Å². The number of piperidine rings is 1. The molecule has 1 N–H and O–H groups in total. The standard InChI is InChI=1S/C21H22N6O/c1-2-7-24-21(28)27-8-5-15(6-9-27)19-4-3-16-10-17(13-25-20(16)26-19)18-11-22-14-23-12-18/h2-4,10-15H,1,5-9H2,(H,24,28). The third-order valence-corrected chi connectivity index (χ3v) is 5.06. The number of nitrogens with zero attached hydrogens (tertiary/aromatic N) is 5. The summed E-state index contributed by atoms with van der Waals surface area (Å²) in [6.07, 6.45) is 10.4. The van der Waals surface area contributed by atoms with Gasteiger partial charge in [-0.25, -0.2) is 24.7 Å². The Morgan fingerprint density at radius 2 is 1.96 bits per heavy atom. The molecule has 1 saturated heterocycles. The van der Waals surface area contributed by atoms with Crippen LogP contribution in [0, 0.1) is 0 Å². The fraction of sp³-hybridized carbons (Fsp3) is 0.286. The molecule has 1 fully saturated rings. The Morgan fingerprint density at radius 3 is 2.71 bits per heavy atom. The molecule has 3 aromatic heterocycles. The van der Waals surface area contributed by atoms with E-state index in [0.29, 0.717) is 12.5 Å². The average molecular weight is 374 g/mol. The smallest absolute Gasteiger partial charge is 0.317 e. The molecule has 0 unspecified atom stereocenters. The third-order valence-electron chi connectivity index (χ3n) is 5.06. The summed E-state index contributed by atoms with van der Waals surface area (Å²) in [7, 11) is 0. The number of aromatic nitrogens is 4. The summed E-state index contributed by atoms with van der Waals surface area (Å²) in [6.45, 7) is 5.58. The summed E-state index contributed by atoms with van der Waals surface area (Å²) in [5, 5.41) is 3.83. The molecule has 28 heavy (non-hydrogen) atoms. The van der Waals surface area contributed by atoms with Crippen LogP contribution in [0.25, 0.3) is 22.2 Å². The lowest BCUT2D eigenvalue weighted by Crippen LogP contribution is -2.44. The maximum atomic E-state index is 12.1. The molecule has 0 radical (unpaired) electrons. The summed E-state index contributed by atoms with van der Waals surface area (Å²) in [4.78, 5) is 31.3. The van der Waals surface area contributed by atoms with Gasteiger partial charge in [0, 0.05) is 66.3 Å². The van der Waals surface area contributed by atoms with Crippen LogP contribution in [0.15, 0.2) is 55.8 Å². The Morgan fingerprint density at radius 1 is 1.18 bits per heavy atom. The number of rotatable bonds is 4. The summed E-state index contributed by atoms with van der Waals surface area (Å²) in [5.74, 6) is 0.344. The summed E-state index contributed by atoms with van der Waals surface area (Å²) >= 11 is 0. The van der Waals surface area contributed by atoms with E-state index in [2.05, 4.69) is 45.0 Å². The molecule has 2 amide bonds. The second kappa shape index (κ2) is 8.12. The van der Waals surface area contributed by atoms with Crippen molar-refractivity contribution < 1.29 is 4.79 Å². The lowest BCUT2D eigenvalue weighted by Gasteiger charge is -2.31. The molecule has 0 saturated carbocycles. The molecule has 142 valence electrons. The average Bonchev–Trinajstić information content (AvgIpc) is 2.77. The first-order valence-electron chi connectivity index (χ1n) is 9.40. The van der Waals surface area contributed by atoms with E-state index in [1.165, 1.54) is 6.33 Å². The summed E-state index contributed by atoms with van der Waals surface area (Å²) in [6, 6.07) is 6.18. The Hall–Kier alpha value is -3.35. The van der Waals surface area contributed by atoms with Crippen molar-refractivity contribution in [3.8, 4) is 11.1 Å². The van der Waals surface area contributed by atoms with Gasteiger partial charge in [0.2, 0.25) is 0 Å². The molecule has 0 spiro atoms. The van der Waals surface area contributed by atoms with Crippen molar-refractivity contribution in [3.63, 3.8) is 0 Å². The lowest BCUT2D eigenvalue weighted by atomic mass is 9.93. The predicted molar refractivity (Wildman–Crippen MR) is 108 cm³/mol. The highest BCUT2D eigenvalue weighted by molar-refractivity contribution is 5.80. The monoisotopic (exact) mass is 374 g/mol. The van der Waals surface area contributed by atoms with Crippen molar-refractivity contribution in [3.05, 3.63) is 61.5 Å². The molecule has 0 bridgehead atoms. The van der Waals surface area contributed by atoms with Crippen LogP contribution >= 0.6 is 0 Å². The number of carbonyl (C=O) groups is 1. The first-order valence-corrected chi connectivity index (χ1v) is 9.40. The Kier molecular flexibility index (Phi) is 5.23. The van der Waals surface area contributed by atoms with Gasteiger partial charge in [-0.05, 0) is 31.0 Å². The summed E-state index contributed by atoms with van der Waals surface area (Å²) in [5.41, 5.74) is 3.69. The molecule has 7 nitrogen and oxygen atoms in total. The van der Waals surface area contributed by atoms with Crippen molar-refractivity contribution in [2.24, 2.45) is 0 Å². The highest BCUT2D eigenvalue weighted by Crippen LogP contribution is 2.28. The quantitative estimate of drug-likeness (QED) is 0.709. The zero-order valence-corrected chi connectivity index (χ0v) is 15.6. The van der Waals surface area contributed by atoms with Gasteiger partial charge in [0.05, 0.1) is 0 Å². The zero-order chi connectivity index (χ0) is 19.3. The zero-order valence-electron chi connectivity index (χ0n) is 15.6. The highest BCUT2D eigenvalue weighted by atomic mass is 16.2. The maximum Gasteiger partial charge on any atom is 0.317 e. The third kappa shape index (κ3) is 3.83. The molecule has 1 aliphatic rings. The Bertz CT molecular complexity index is 983. The molecular formula is C21H22N6O. The Balaban J connectivity index is 1.47. The second-order valence-electron chi connectivity index (χ2n) is 6.87. The Labute approximate surface area is 163 Å². The van der Waals surface area contributed by atoms with Crippen LogP contribution in [-0.4, -0.2) is 50.5 Å². The summed E-state index contributed by atoms with van der Waals surface area (Å²) < 4.78 is 0. The molecular weight excluding hydrogens is 352 g/mol. The topological polar surface area (TPSA) is 83.9 Å². The van der Waals surface area contributed by atoms with Crippen molar-refractivity contribution >= 4 is 17.1 Å². The van der Waals surface area contributed by atoms with Crippen molar-refractivity contribution in [1.82, 2.24) is 30.2 Å². The molecule has 1 aliphatic heterocycles. The van der Waals surface area contributed by atoms with E-state index in [9.17, 15) is 4.79 Å². The van der Waals surface area contributed by atoms with Crippen molar-refractivity contribution in [1.29, 1.82) is 0 Å². The van der Waals surface area contributed by atoms with E-state index >= 15 is 0 Å². The van der Waals surface area contributed by atoms with Crippen LogP contribution in [0.5, 0.6) is 0 Å². The van der Waals surface area contributed by atoms with E-state index in [0.717, 1.165) is 53.8 Å². The highest BCUT2D eigenvalue weighted by Gasteiger charge is 2.24. The van der Waals surface area contributed by atoms with Crippen LogP contribution in [0.3, 0.4) is 0 Å². The largest absolute Gasteiger partial charge is 0.335 e. The van der Waals surface area contributed by atoms with Crippen molar-refractivity contribution in [2.75, 3.05) is 19.6 Å². The minimum absolute atomic E-state index is 0.0242. The van der Waals surface area contributed by atoms with Crippen LogP contribution in [0.4, 0.5) is 4.79 Å². The number of nitrogens with one attached hydrogen (secondary N) is 1. The van der Waals surface area contributed by atoms with Gasteiger partial charge in [-0.15, -0.1) is 6.58 Å². The maximum absolute atomic E-state index is 12.1. The minimum atomic E-state index is -0.0242. The first kappa shape index (κ1) is 18.0. The number of hydrogen-bond acceptors (Lipinski definition) is 5. The minimum Gasteiger partial charge on any atom is -0.335 e. The molecule has 3 aromatic rings. The number of pyridine rings is 2. The van der Waals surface area contributed by atoms with E-state index in [1.807, 2.05) is 11.1 Å². The molecule has 0 atom stereocenters. The second-order valence-corrected chi connectivity index (χ2v) is 6.87. The normalized spacial score (nSPS) is 14.8. The molecule has 4 rings (SSSR count). The van der Waals surface area contributed by atoms with Crippen molar-refractivity contribution in [2.45, 2.75) is 18.8 Å².